The van der Waals surface area contributed by atoms with Crippen molar-refractivity contribution >= 4 is 29.0 Å². The highest BCUT2D eigenvalue weighted by molar-refractivity contribution is 7.99. The average Bonchev–Trinajstić information content (AvgIpc) is 2.98. The minimum atomic E-state index is 0.117. The van der Waals surface area contributed by atoms with Crippen molar-refractivity contribution < 1.29 is 4.79 Å². The average molecular weight is 297 g/mol. The number of carbonyl (C=O) groups excluding carboxylic acids is 1. The van der Waals surface area contributed by atoms with Crippen molar-refractivity contribution in [2.45, 2.75) is 18.8 Å². The van der Waals surface area contributed by atoms with Gasteiger partial charge >= 0.3 is 0 Å². The number of amides is 1. The standard InChI is InChI=1S/C13H19N3OS2/c17-13(16-4-6-18-7-5-16)11-9-19-12(15-11)10-2-1-3-14-8-10/h9-10,14H,1-8H2. The molecule has 2 saturated heterocycles. The summed E-state index contributed by atoms with van der Waals surface area (Å²) in [4.78, 5) is 18.9. The van der Waals surface area contributed by atoms with Crippen molar-refractivity contribution in [1.29, 1.82) is 0 Å². The fourth-order valence-corrected chi connectivity index (χ4v) is 4.40. The van der Waals surface area contributed by atoms with Gasteiger partial charge in [0, 0.05) is 42.4 Å². The first kappa shape index (κ1) is 13.4. The van der Waals surface area contributed by atoms with Gasteiger partial charge in [-0.15, -0.1) is 11.3 Å². The Morgan fingerprint density at radius 3 is 3.00 bits per heavy atom. The molecule has 0 radical (unpaired) electrons. The predicted molar refractivity (Wildman–Crippen MR) is 80.2 cm³/mol. The van der Waals surface area contributed by atoms with Crippen molar-refractivity contribution in [3.63, 3.8) is 0 Å². The zero-order valence-electron chi connectivity index (χ0n) is 10.9. The van der Waals surface area contributed by atoms with Crippen LogP contribution in [-0.4, -0.2) is 53.5 Å². The van der Waals surface area contributed by atoms with E-state index in [1.165, 1.54) is 12.8 Å². The zero-order chi connectivity index (χ0) is 13.1. The van der Waals surface area contributed by atoms with E-state index in [4.69, 9.17) is 0 Å². The molecular formula is C13H19N3OS2. The van der Waals surface area contributed by atoms with E-state index in [2.05, 4.69) is 10.3 Å². The summed E-state index contributed by atoms with van der Waals surface area (Å²) < 4.78 is 0. The maximum Gasteiger partial charge on any atom is 0.273 e. The Hall–Kier alpha value is -0.590. The summed E-state index contributed by atoms with van der Waals surface area (Å²) in [7, 11) is 0. The number of thioether (sulfide) groups is 1. The van der Waals surface area contributed by atoms with E-state index in [1.54, 1.807) is 11.3 Å². The molecule has 0 bridgehead atoms. The summed E-state index contributed by atoms with van der Waals surface area (Å²) >= 11 is 3.56. The van der Waals surface area contributed by atoms with Crippen LogP contribution in [0, 0.1) is 0 Å². The van der Waals surface area contributed by atoms with Crippen LogP contribution < -0.4 is 5.32 Å². The Balaban J connectivity index is 1.67. The second-order valence-electron chi connectivity index (χ2n) is 5.02. The van der Waals surface area contributed by atoms with Crippen LogP contribution >= 0.6 is 23.1 Å². The van der Waals surface area contributed by atoms with E-state index in [1.807, 2.05) is 22.0 Å². The number of thiazole rings is 1. The monoisotopic (exact) mass is 297 g/mol. The molecule has 1 aromatic heterocycles. The van der Waals surface area contributed by atoms with Gasteiger partial charge in [-0.1, -0.05) is 0 Å². The Bertz CT molecular complexity index is 437. The quantitative estimate of drug-likeness (QED) is 0.904. The topological polar surface area (TPSA) is 45.2 Å². The molecule has 104 valence electrons. The molecule has 1 amide bonds. The molecule has 3 heterocycles. The summed E-state index contributed by atoms with van der Waals surface area (Å²) in [6.45, 7) is 3.84. The molecule has 2 aliphatic rings. The second-order valence-corrected chi connectivity index (χ2v) is 7.13. The van der Waals surface area contributed by atoms with E-state index in [-0.39, 0.29) is 5.91 Å². The van der Waals surface area contributed by atoms with Gasteiger partial charge in [0.2, 0.25) is 0 Å². The van der Waals surface area contributed by atoms with Crippen molar-refractivity contribution in [1.82, 2.24) is 15.2 Å². The Labute approximate surface area is 122 Å². The van der Waals surface area contributed by atoms with E-state index in [0.29, 0.717) is 11.6 Å². The Kier molecular flexibility index (Phi) is 4.40. The molecule has 3 rings (SSSR count). The Morgan fingerprint density at radius 1 is 1.42 bits per heavy atom. The molecule has 19 heavy (non-hydrogen) atoms. The van der Waals surface area contributed by atoms with Crippen molar-refractivity contribution in [2.24, 2.45) is 0 Å². The molecule has 0 aliphatic carbocycles. The molecule has 2 fully saturated rings. The third-order valence-corrected chi connectivity index (χ3v) is 5.64. The summed E-state index contributed by atoms with van der Waals surface area (Å²) in [5.74, 6) is 2.72. The summed E-state index contributed by atoms with van der Waals surface area (Å²) in [6, 6.07) is 0. The maximum atomic E-state index is 12.3. The first-order chi connectivity index (χ1) is 9.34. The molecule has 1 aromatic rings. The normalized spacial score (nSPS) is 24.4. The molecule has 2 aliphatic heterocycles. The van der Waals surface area contributed by atoms with Gasteiger partial charge in [0.1, 0.15) is 5.69 Å². The second kappa shape index (κ2) is 6.24. The van der Waals surface area contributed by atoms with E-state index in [0.717, 1.165) is 42.7 Å². The van der Waals surface area contributed by atoms with Crippen LogP contribution in [0.1, 0.15) is 34.3 Å². The summed E-state index contributed by atoms with van der Waals surface area (Å²) in [5, 5.41) is 6.47. The zero-order valence-corrected chi connectivity index (χ0v) is 12.6. The summed E-state index contributed by atoms with van der Waals surface area (Å²) in [6.07, 6.45) is 2.39. The van der Waals surface area contributed by atoms with Crippen LogP contribution in [0.4, 0.5) is 0 Å². The predicted octanol–water partition coefficient (Wildman–Crippen LogP) is 1.80. The van der Waals surface area contributed by atoms with Crippen molar-refractivity contribution in [2.75, 3.05) is 37.7 Å². The van der Waals surface area contributed by atoms with Gasteiger partial charge in [-0.3, -0.25) is 4.79 Å². The van der Waals surface area contributed by atoms with Crippen molar-refractivity contribution in [3.05, 3.63) is 16.1 Å². The number of nitrogens with one attached hydrogen (secondary N) is 1. The fraction of sp³-hybridized carbons (Fsp3) is 0.692. The number of aromatic nitrogens is 1. The molecule has 0 spiro atoms. The van der Waals surface area contributed by atoms with Gasteiger partial charge in [-0.2, -0.15) is 11.8 Å². The molecule has 1 N–H and O–H groups in total. The van der Waals surface area contributed by atoms with Crippen LogP contribution in [0.25, 0.3) is 0 Å². The Morgan fingerprint density at radius 2 is 2.26 bits per heavy atom. The third kappa shape index (κ3) is 3.12. The van der Waals surface area contributed by atoms with Crippen LogP contribution in [-0.2, 0) is 0 Å². The van der Waals surface area contributed by atoms with Crippen LogP contribution in [0.15, 0.2) is 5.38 Å². The first-order valence-electron chi connectivity index (χ1n) is 6.88. The molecule has 6 heteroatoms. The van der Waals surface area contributed by atoms with Crippen molar-refractivity contribution in [3.8, 4) is 0 Å². The molecule has 1 unspecified atom stereocenters. The van der Waals surface area contributed by atoms with Gasteiger partial charge in [0.25, 0.3) is 5.91 Å². The smallest absolute Gasteiger partial charge is 0.273 e. The minimum Gasteiger partial charge on any atom is -0.336 e. The van der Waals surface area contributed by atoms with E-state index in [9.17, 15) is 4.79 Å². The lowest BCUT2D eigenvalue weighted by molar-refractivity contribution is 0.0767. The highest BCUT2D eigenvalue weighted by Crippen LogP contribution is 2.26. The number of piperidine rings is 1. The number of nitrogens with zero attached hydrogens (tertiary/aromatic N) is 2. The van der Waals surface area contributed by atoms with Gasteiger partial charge in [0.05, 0.1) is 5.01 Å². The fourth-order valence-electron chi connectivity index (χ4n) is 2.56. The van der Waals surface area contributed by atoms with Gasteiger partial charge in [-0.05, 0) is 19.4 Å². The lowest BCUT2D eigenvalue weighted by Gasteiger charge is -2.25. The third-order valence-electron chi connectivity index (χ3n) is 3.69. The highest BCUT2D eigenvalue weighted by atomic mass is 32.2. The highest BCUT2D eigenvalue weighted by Gasteiger charge is 2.23. The van der Waals surface area contributed by atoms with Crippen LogP contribution in [0.3, 0.4) is 0 Å². The van der Waals surface area contributed by atoms with E-state index < -0.39 is 0 Å². The van der Waals surface area contributed by atoms with Crippen LogP contribution in [0.5, 0.6) is 0 Å². The maximum absolute atomic E-state index is 12.3. The first-order valence-corrected chi connectivity index (χ1v) is 8.91. The summed E-state index contributed by atoms with van der Waals surface area (Å²) in [5.41, 5.74) is 0.650. The number of hydrogen-bond donors (Lipinski definition) is 1. The van der Waals surface area contributed by atoms with Gasteiger partial charge in [-0.25, -0.2) is 4.98 Å². The molecule has 0 saturated carbocycles. The lowest BCUT2D eigenvalue weighted by Crippen LogP contribution is -2.38. The van der Waals surface area contributed by atoms with Gasteiger partial charge in [0.15, 0.2) is 0 Å². The lowest BCUT2D eigenvalue weighted by atomic mass is 10.0. The van der Waals surface area contributed by atoms with Gasteiger partial charge < -0.3 is 10.2 Å². The molecule has 1 atom stereocenters. The number of carbonyl (C=O) groups is 1. The molecule has 4 nitrogen and oxygen atoms in total. The minimum absolute atomic E-state index is 0.117. The van der Waals surface area contributed by atoms with Crippen LogP contribution in [0.2, 0.25) is 0 Å². The number of rotatable bonds is 2. The number of hydrogen-bond acceptors (Lipinski definition) is 5. The SMILES string of the molecule is O=C(c1csc(C2CCCNC2)n1)N1CCSCC1. The molecular weight excluding hydrogens is 278 g/mol. The largest absolute Gasteiger partial charge is 0.336 e. The van der Waals surface area contributed by atoms with E-state index >= 15 is 0 Å². The molecule has 0 aromatic carbocycles.